The number of anilines is 2. The Labute approximate surface area is 447 Å². The van der Waals surface area contributed by atoms with Gasteiger partial charge in [-0.3, -0.25) is 20.6 Å². The van der Waals surface area contributed by atoms with Crippen molar-refractivity contribution in [3.05, 3.63) is 117 Å². The maximum Gasteiger partial charge on any atom is 2.00 e. The Morgan fingerprint density at radius 1 is 0.397 bits per heavy atom. The van der Waals surface area contributed by atoms with Gasteiger partial charge in [0.25, 0.3) is 0 Å². The largest absolute Gasteiger partial charge is 2.00 e. The van der Waals surface area contributed by atoms with Crippen molar-refractivity contribution in [3.8, 4) is 0 Å². The number of amidine groups is 2. The molecular formula is C56H82B2F8N6Pd. The zero-order valence-corrected chi connectivity index (χ0v) is 48.0. The van der Waals surface area contributed by atoms with Gasteiger partial charge in [0.2, 0.25) is 0 Å². The molecule has 0 fully saturated rings. The van der Waals surface area contributed by atoms with Crippen molar-refractivity contribution >= 4 is 61.6 Å². The van der Waals surface area contributed by atoms with Crippen molar-refractivity contribution in [1.29, 1.82) is 10.8 Å². The van der Waals surface area contributed by atoms with E-state index < -0.39 is 14.5 Å². The molecule has 0 heterocycles. The summed E-state index contributed by atoms with van der Waals surface area (Å²) in [5.41, 5.74) is 14.4. The molecule has 2 N–H and O–H groups in total. The minimum absolute atomic E-state index is 0. The number of benzene rings is 4. The molecule has 0 saturated carbocycles. The zero-order valence-electron chi connectivity index (χ0n) is 46.4. The molecule has 0 unspecified atom stereocenters. The quantitative estimate of drug-likeness (QED) is 0.0507. The third kappa shape index (κ3) is 22.4. The minimum Gasteiger partial charge on any atom is -0.418 e. The smallest absolute Gasteiger partial charge is 0.418 e. The zero-order chi connectivity index (χ0) is 55.6. The summed E-state index contributed by atoms with van der Waals surface area (Å²) >= 11 is 0. The number of rotatable bonds is 16. The summed E-state index contributed by atoms with van der Waals surface area (Å²) in [6.45, 7) is 39.6. The van der Waals surface area contributed by atoms with Gasteiger partial charge in [0, 0.05) is 12.8 Å². The normalized spacial score (nSPS) is 11.9. The van der Waals surface area contributed by atoms with Crippen LogP contribution in [0.2, 0.25) is 0 Å². The second-order valence-corrected chi connectivity index (χ2v) is 20.2. The van der Waals surface area contributed by atoms with Crippen LogP contribution in [-0.2, 0) is 20.4 Å². The van der Waals surface area contributed by atoms with E-state index in [1.165, 1.54) is 44.5 Å². The van der Waals surface area contributed by atoms with Crippen LogP contribution in [0.3, 0.4) is 0 Å². The second-order valence-electron chi connectivity index (χ2n) is 20.2. The summed E-state index contributed by atoms with van der Waals surface area (Å²) in [6.07, 6.45) is 5.09. The molecule has 0 aliphatic heterocycles. The van der Waals surface area contributed by atoms with Crippen molar-refractivity contribution in [3.63, 3.8) is 0 Å². The van der Waals surface area contributed by atoms with Gasteiger partial charge in [-0.15, -0.1) is 0 Å². The van der Waals surface area contributed by atoms with Crippen molar-refractivity contribution in [2.75, 3.05) is 9.80 Å². The van der Waals surface area contributed by atoms with E-state index in [2.05, 4.69) is 184 Å². The fourth-order valence-electron chi connectivity index (χ4n) is 8.00. The first kappa shape index (κ1) is 68.4. The summed E-state index contributed by atoms with van der Waals surface area (Å²) < 4.78 is 78.0. The number of halogens is 8. The van der Waals surface area contributed by atoms with Crippen LogP contribution in [0.1, 0.15) is 229 Å². The summed E-state index contributed by atoms with van der Waals surface area (Å²) in [5, 5.41) is 17.6. The number of nitrogens with zero attached hydrogens (tertiary/aromatic N) is 4. The Kier molecular flexibility index (Phi) is 29.3. The molecule has 0 atom stereocenters. The molecule has 6 nitrogen and oxygen atoms in total. The van der Waals surface area contributed by atoms with Crippen LogP contribution < -0.4 is 9.80 Å². The first-order chi connectivity index (χ1) is 33.2. The van der Waals surface area contributed by atoms with Crippen LogP contribution in [0.4, 0.5) is 57.3 Å². The maximum absolute atomic E-state index is 9.75. The molecule has 4 rings (SSSR count). The monoisotopic (exact) mass is 1120 g/mol. The van der Waals surface area contributed by atoms with Crippen molar-refractivity contribution in [2.24, 2.45) is 9.98 Å². The topological polar surface area (TPSA) is 78.9 Å². The van der Waals surface area contributed by atoms with E-state index in [0.29, 0.717) is 71.9 Å². The van der Waals surface area contributed by atoms with E-state index in [-0.39, 0.29) is 20.4 Å². The average molecular weight is 1120 g/mol. The van der Waals surface area contributed by atoms with E-state index in [1.54, 1.807) is 0 Å². The van der Waals surface area contributed by atoms with Gasteiger partial charge in [0.15, 0.2) is 0 Å². The van der Waals surface area contributed by atoms with Crippen LogP contribution in [0.15, 0.2) is 82.8 Å². The number of hydrogen-bond acceptors (Lipinski definition) is 4. The van der Waals surface area contributed by atoms with Crippen LogP contribution in [0.25, 0.3) is 0 Å². The molecule has 4 aromatic rings. The summed E-state index contributed by atoms with van der Waals surface area (Å²) in [7, 11) is -12.0. The van der Waals surface area contributed by atoms with Crippen LogP contribution >= 0.6 is 0 Å². The van der Waals surface area contributed by atoms with Gasteiger partial charge in [-0.1, -0.05) is 197 Å². The molecule has 0 amide bonds. The fourth-order valence-corrected chi connectivity index (χ4v) is 8.00. The molecule has 0 aliphatic carbocycles. The van der Waals surface area contributed by atoms with Gasteiger partial charge in [-0.25, -0.2) is 9.98 Å². The third-order valence-corrected chi connectivity index (χ3v) is 11.7. The Balaban J connectivity index is 0.00000118. The molecule has 0 aromatic heterocycles. The van der Waals surface area contributed by atoms with E-state index in [4.69, 9.17) is 20.8 Å². The van der Waals surface area contributed by atoms with Crippen molar-refractivity contribution in [2.45, 2.75) is 185 Å². The Hall–Kier alpha value is -4.61. The van der Waals surface area contributed by atoms with E-state index >= 15 is 0 Å². The average Bonchev–Trinajstić information content (AvgIpc) is 3.27. The number of para-hydroxylation sites is 4. The van der Waals surface area contributed by atoms with Gasteiger partial charge < -0.3 is 34.5 Å². The van der Waals surface area contributed by atoms with E-state index in [9.17, 15) is 34.5 Å². The minimum atomic E-state index is -6.00. The van der Waals surface area contributed by atoms with Gasteiger partial charge in [-0.05, 0) is 91.9 Å². The predicted molar refractivity (Wildman–Crippen MR) is 296 cm³/mol. The Morgan fingerprint density at radius 2 is 0.562 bits per heavy atom. The summed E-state index contributed by atoms with van der Waals surface area (Å²) in [6, 6.07) is 26.1. The van der Waals surface area contributed by atoms with Gasteiger partial charge in [0.1, 0.15) is 24.3 Å². The maximum atomic E-state index is 9.75. The van der Waals surface area contributed by atoms with Gasteiger partial charge >= 0.3 is 34.9 Å². The van der Waals surface area contributed by atoms with Gasteiger partial charge in [-0.2, -0.15) is 0 Å². The Bertz CT molecular complexity index is 2110. The fraction of sp³-hybridized carbons (Fsp3) is 0.500. The van der Waals surface area contributed by atoms with E-state index in [0.717, 1.165) is 22.7 Å². The van der Waals surface area contributed by atoms with E-state index in [1.807, 2.05) is 36.3 Å². The number of nitrogens with one attached hydrogen (secondary N) is 2. The van der Waals surface area contributed by atoms with Crippen LogP contribution in [-0.4, -0.2) is 38.9 Å². The Morgan fingerprint density at radius 3 is 0.712 bits per heavy atom. The first-order valence-electron chi connectivity index (χ1n) is 25.3. The van der Waals surface area contributed by atoms with Crippen LogP contribution in [0, 0.1) is 10.8 Å². The molecule has 0 radical (unpaired) electrons. The van der Waals surface area contributed by atoms with Crippen molar-refractivity contribution < 1.29 is 54.9 Å². The molecule has 73 heavy (non-hydrogen) atoms. The SMILES string of the molecule is CCC(=N)N(C=Nc1c(C(C)C)cccc1C(C)C)c1c(C(C)C)cccc1C(C)C.CCC(=N)N(C=Nc1c(C(C)C)cccc1C(C)C)c1c(C(C)C)cccc1C(C)C.F[B-](F)(F)F.F[B-](F)(F)F.[Pd+2]. The molecule has 0 bridgehead atoms. The predicted octanol–water partition coefficient (Wildman–Crippen LogP) is 20.1. The molecular weight excluding hydrogens is 1040 g/mol. The molecule has 17 heteroatoms. The third-order valence-electron chi connectivity index (χ3n) is 11.7. The molecule has 0 saturated heterocycles. The summed E-state index contributed by atoms with van der Waals surface area (Å²) in [4.78, 5) is 14.2. The van der Waals surface area contributed by atoms with Crippen LogP contribution in [0.5, 0.6) is 0 Å². The number of aliphatic imine (C=N–C) groups is 2. The molecule has 4 aromatic carbocycles. The van der Waals surface area contributed by atoms with Crippen molar-refractivity contribution in [1.82, 2.24) is 0 Å². The number of hydrogen-bond donors (Lipinski definition) is 2. The second kappa shape index (κ2) is 31.3. The molecule has 0 spiro atoms. The first-order valence-corrected chi connectivity index (χ1v) is 25.3. The molecule has 408 valence electrons. The van der Waals surface area contributed by atoms with Gasteiger partial charge in [0.05, 0.1) is 22.7 Å². The summed E-state index contributed by atoms with van der Waals surface area (Å²) in [5.74, 6) is 4.13. The standard InChI is InChI=1S/2C28H41N3.2BF4.Pd/c2*1-10-26(29)31(28-24(20(6)7)15-12-16-25(28)21(8)9)17-30-27-22(18(2)3)13-11-14-23(27)19(4)5;2*2-1(3,4)5;/h2*11-21,29H,10H2,1-9H3;;;/q;;2*-1;+2. The molecule has 0 aliphatic rings.